The Morgan fingerprint density at radius 1 is 1.38 bits per heavy atom. The lowest BCUT2D eigenvalue weighted by atomic mass is 10.2. The van der Waals surface area contributed by atoms with Gasteiger partial charge in [-0.3, -0.25) is 4.79 Å². The summed E-state index contributed by atoms with van der Waals surface area (Å²) in [4.78, 5) is 12.1. The molecule has 0 unspecified atom stereocenters. The maximum Gasteiger partial charge on any atom is 0.284 e. The van der Waals surface area contributed by atoms with Crippen molar-refractivity contribution in [2.24, 2.45) is 0 Å². The predicted molar refractivity (Wildman–Crippen MR) is 78.7 cm³/mol. The van der Waals surface area contributed by atoms with Crippen molar-refractivity contribution in [1.82, 2.24) is 0 Å². The molecule has 0 spiro atoms. The molecule has 0 aliphatic heterocycles. The number of amides is 1. The fourth-order valence-electron chi connectivity index (χ4n) is 1.73. The first-order valence-electron chi connectivity index (χ1n) is 6.26. The summed E-state index contributed by atoms with van der Waals surface area (Å²) in [6.45, 7) is 1.92. The molecule has 106 valence electrons. The molecule has 0 aliphatic carbocycles. The number of ether oxygens (including phenoxy) is 1. The average Bonchev–Trinajstić information content (AvgIpc) is 2.92. The average molecular weight is 282 g/mol. The highest BCUT2D eigenvalue weighted by Gasteiger charge is 2.11. The first-order chi connectivity index (χ1) is 10.1. The summed E-state index contributed by atoms with van der Waals surface area (Å²) in [6.07, 6.45) is 1.37. The van der Waals surface area contributed by atoms with Crippen molar-refractivity contribution in [2.75, 3.05) is 12.4 Å². The van der Waals surface area contributed by atoms with E-state index in [-0.39, 0.29) is 5.57 Å². The van der Waals surface area contributed by atoms with E-state index >= 15 is 0 Å². The van der Waals surface area contributed by atoms with Crippen molar-refractivity contribution in [3.63, 3.8) is 0 Å². The molecule has 0 saturated carbocycles. The Morgan fingerprint density at radius 3 is 2.81 bits per heavy atom. The minimum Gasteiger partial charge on any atom is -0.468 e. The van der Waals surface area contributed by atoms with Gasteiger partial charge in [-0.05, 0) is 30.7 Å². The van der Waals surface area contributed by atoms with Crippen molar-refractivity contribution in [3.05, 3.63) is 53.3 Å². The molecule has 0 atom stereocenters. The normalized spacial score (nSPS) is 10.8. The molecule has 0 aliphatic rings. The van der Waals surface area contributed by atoms with E-state index in [1.165, 1.54) is 13.2 Å². The lowest BCUT2D eigenvalue weighted by Gasteiger charge is -2.04. The van der Waals surface area contributed by atoms with E-state index in [9.17, 15) is 4.79 Å². The number of benzene rings is 1. The molecule has 21 heavy (non-hydrogen) atoms. The summed E-state index contributed by atoms with van der Waals surface area (Å²) >= 11 is 0. The summed E-state index contributed by atoms with van der Waals surface area (Å²) in [7, 11) is 1.47. The largest absolute Gasteiger partial charge is 0.468 e. The van der Waals surface area contributed by atoms with Gasteiger partial charge >= 0.3 is 0 Å². The number of carbonyl (C=O) groups excluding carboxylic acids is 1. The summed E-state index contributed by atoms with van der Waals surface area (Å²) in [5.74, 6) is 0.207. The summed E-state index contributed by atoms with van der Waals surface area (Å²) in [6, 6.07) is 12.4. The zero-order valence-electron chi connectivity index (χ0n) is 11.7. The van der Waals surface area contributed by atoms with E-state index in [4.69, 9.17) is 14.4 Å². The number of anilines is 1. The molecule has 0 bridgehead atoms. The number of methoxy groups -OCH3 is 1. The first-order valence-corrected chi connectivity index (χ1v) is 6.26. The zero-order chi connectivity index (χ0) is 15.2. The van der Waals surface area contributed by atoms with Crippen LogP contribution in [0.3, 0.4) is 0 Å². The third-order valence-electron chi connectivity index (χ3n) is 2.73. The van der Waals surface area contributed by atoms with Gasteiger partial charge in [-0.1, -0.05) is 12.1 Å². The molecule has 5 nitrogen and oxygen atoms in total. The van der Waals surface area contributed by atoms with Gasteiger partial charge < -0.3 is 14.5 Å². The molecule has 1 amide bonds. The Morgan fingerprint density at radius 2 is 2.19 bits per heavy atom. The van der Waals surface area contributed by atoms with E-state index in [2.05, 4.69) is 5.32 Å². The molecule has 2 rings (SSSR count). The third kappa shape index (κ3) is 3.74. The zero-order valence-corrected chi connectivity index (χ0v) is 11.7. The van der Waals surface area contributed by atoms with Gasteiger partial charge in [0.1, 0.15) is 17.4 Å². The van der Waals surface area contributed by atoms with Gasteiger partial charge in [0.05, 0.1) is 7.11 Å². The van der Waals surface area contributed by atoms with Crippen LogP contribution in [0.2, 0.25) is 0 Å². The molecule has 2 aromatic rings. The van der Waals surface area contributed by atoms with Crippen molar-refractivity contribution in [3.8, 4) is 12.0 Å². The number of aryl methyl sites for hydroxylation is 1. The van der Waals surface area contributed by atoms with E-state index in [1.54, 1.807) is 18.2 Å². The van der Waals surface area contributed by atoms with Gasteiger partial charge in [-0.15, -0.1) is 0 Å². The van der Waals surface area contributed by atoms with Gasteiger partial charge in [0.15, 0.2) is 0 Å². The third-order valence-corrected chi connectivity index (χ3v) is 2.73. The molecular formula is C16H14N2O3. The smallest absolute Gasteiger partial charge is 0.284 e. The van der Waals surface area contributed by atoms with Crippen molar-refractivity contribution in [2.45, 2.75) is 6.92 Å². The quantitative estimate of drug-likeness (QED) is 0.690. The highest BCUT2D eigenvalue weighted by molar-refractivity contribution is 6.09. The van der Waals surface area contributed by atoms with Crippen LogP contribution in [0, 0.1) is 18.3 Å². The standard InChI is InChI=1S/C16H14N2O3/c1-11-4-3-5-13(8-11)18-16(19)12(10-17)9-14-6-7-15(20-2)21-14/h3-9H,1-2H3,(H,18,19)/b12-9+. The maximum atomic E-state index is 12.1. The number of rotatable bonds is 4. The van der Waals surface area contributed by atoms with Gasteiger partial charge in [0, 0.05) is 17.8 Å². The second-order valence-electron chi connectivity index (χ2n) is 4.35. The van der Waals surface area contributed by atoms with Crippen LogP contribution >= 0.6 is 0 Å². The predicted octanol–water partition coefficient (Wildman–Crippen LogP) is 3.14. The number of nitrogens with one attached hydrogen (secondary N) is 1. The SMILES string of the molecule is COc1ccc(/C=C(\C#N)C(=O)Nc2cccc(C)c2)o1. The minimum absolute atomic E-state index is 0.0477. The second-order valence-corrected chi connectivity index (χ2v) is 4.35. The maximum absolute atomic E-state index is 12.1. The van der Waals surface area contributed by atoms with Gasteiger partial charge in [-0.2, -0.15) is 5.26 Å². The van der Waals surface area contributed by atoms with E-state index in [0.717, 1.165) is 5.56 Å². The number of hydrogen-bond acceptors (Lipinski definition) is 4. The molecule has 0 saturated heterocycles. The van der Waals surface area contributed by atoms with E-state index in [1.807, 2.05) is 31.2 Å². The summed E-state index contributed by atoms with van der Waals surface area (Å²) in [5.41, 5.74) is 1.61. The molecule has 1 aromatic heterocycles. The second kappa shape index (κ2) is 6.44. The Balaban J connectivity index is 2.17. The lowest BCUT2D eigenvalue weighted by molar-refractivity contribution is -0.112. The summed E-state index contributed by atoms with van der Waals surface area (Å²) < 4.78 is 10.2. The topological polar surface area (TPSA) is 75.3 Å². The van der Waals surface area contributed by atoms with Crippen LogP contribution in [-0.2, 0) is 4.79 Å². The molecule has 5 heteroatoms. The first kappa shape index (κ1) is 14.4. The number of furan rings is 1. The van der Waals surface area contributed by atoms with Crippen molar-refractivity contribution < 1.29 is 13.9 Å². The monoisotopic (exact) mass is 282 g/mol. The number of hydrogen-bond donors (Lipinski definition) is 1. The minimum atomic E-state index is -0.488. The number of carbonyl (C=O) groups is 1. The van der Waals surface area contributed by atoms with Gasteiger partial charge in [-0.25, -0.2) is 0 Å². The Kier molecular flexibility index (Phi) is 4.42. The van der Waals surface area contributed by atoms with Crippen molar-refractivity contribution in [1.29, 1.82) is 5.26 Å². The van der Waals surface area contributed by atoms with Crippen LogP contribution in [-0.4, -0.2) is 13.0 Å². The Hall–Kier alpha value is -3.00. The van der Waals surface area contributed by atoms with E-state index in [0.29, 0.717) is 17.4 Å². The lowest BCUT2D eigenvalue weighted by Crippen LogP contribution is -2.13. The van der Waals surface area contributed by atoms with Crippen molar-refractivity contribution >= 4 is 17.7 Å². The van der Waals surface area contributed by atoms with Crippen LogP contribution in [0.25, 0.3) is 6.08 Å². The molecule has 1 heterocycles. The van der Waals surface area contributed by atoms with Crippen LogP contribution in [0.15, 0.2) is 46.4 Å². The van der Waals surface area contributed by atoms with Gasteiger partial charge in [0.2, 0.25) is 0 Å². The molecule has 1 aromatic carbocycles. The summed E-state index contributed by atoms with van der Waals surface area (Å²) in [5, 5.41) is 11.8. The number of nitriles is 1. The van der Waals surface area contributed by atoms with Crippen LogP contribution in [0.4, 0.5) is 5.69 Å². The highest BCUT2D eigenvalue weighted by atomic mass is 16.6. The Bertz CT molecular complexity index is 723. The van der Waals surface area contributed by atoms with Gasteiger partial charge in [0.25, 0.3) is 11.9 Å². The number of nitrogens with zero attached hydrogens (tertiary/aromatic N) is 1. The molecule has 0 radical (unpaired) electrons. The van der Waals surface area contributed by atoms with Crippen LogP contribution in [0.5, 0.6) is 5.95 Å². The Labute approximate surface area is 122 Å². The molecular weight excluding hydrogens is 268 g/mol. The van der Waals surface area contributed by atoms with Crippen LogP contribution in [0.1, 0.15) is 11.3 Å². The molecule has 0 fully saturated rings. The highest BCUT2D eigenvalue weighted by Crippen LogP contribution is 2.18. The fourth-order valence-corrected chi connectivity index (χ4v) is 1.73. The van der Waals surface area contributed by atoms with E-state index < -0.39 is 5.91 Å². The molecule has 1 N–H and O–H groups in total. The fraction of sp³-hybridized carbons (Fsp3) is 0.125. The van der Waals surface area contributed by atoms with Crippen LogP contribution < -0.4 is 10.1 Å².